The van der Waals surface area contributed by atoms with Gasteiger partial charge in [-0.05, 0) is 31.6 Å². The summed E-state index contributed by atoms with van der Waals surface area (Å²) >= 11 is 0. The van der Waals surface area contributed by atoms with Crippen molar-refractivity contribution in [1.82, 2.24) is 4.31 Å². The van der Waals surface area contributed by atoms with E-state index in [9.17, 15) is 8.42 Å². The topological polar surface area (TPSA) is 37.4 Å². The SMILES string of the molecule is CC1CC2(CCCCC2)CN1S(C)(=O)=O. The largest absolute Gasteiger partial charge is 0.212 e. The maximum Gasteiger partial charge on any atom is 0.211 e. The van der Waals surface area contributed by atoms with Crippen molar-refractivity contribution in [2.75, 3.05) is 12.8 Å². The molecule has 1 spiro atoms. The molecule has 1 aliphatic carbocycles. The quantitative estimate of drug-likeness (QED) is 0.692. The molecule has 2 fully saturated rings. The molecule has 0 aromatic heterocycles. The summed E-state index contributed by atoms with van der Waals surface area (Å²) in [6, 6.07) is 0.207. The lowest BCUT2D eigenvalue weighted by atomic mass is 9.73. The van der Waals surface area contributed by atoms with Gasteiger partial charge in [0, 0.05) is 12.6 Å². The summed E-state index contributed by atoms with van der Waals surface area (Å²) in [5.74, 6) is 0. The van der Waals surface area contributed by atoms with E-state index in [-0.39, 0.29) is 6.04 Å². The van der Waals surface area contributed by atoms with Gasteiger partial charge < -0.3 is 0 Å². The molecule has 88 valence electrons. The van der Waals surface area contributed by atoms with Crippen LogP contribution >= 0.6 is 0 Å². The molecule has 15 heavy (non-hydrogen) atoms. The lowest BCUT2D eigenvalue weighted by Crippen LogP contribution is -2.35. The van der Waals surface area contributed by atoms with Crippen LogP contribution in [0.25, 0.3) is 0 Å². The van der Waals surface area contributed by atoms with E-state index in [0.29, 0.717) is 5.41 Å². The summed E-state index contributed by atoms with van der Waals surface area (Å²) in [4.78, 5) is 0. The molecule has 0 radical (unpaired) electrons. The van der Waals surface area contributed by atoms with Crippen LogP contribution in [-0.4, -0.2) is 31.6 Å². The normalized spacial score (nSPS) is 32.3. The maximum absolute atomic E-state index is 11.6. The fourth-order valence-corrected chi connectivity index (χ4v) is 4.62. The first-order valence-corrected chi connectivity index (χ1v) is 7.75. The Labute approximate surface area is 92.9 Å². The van der Waals surface area contributed by atoms with Crippen LogP contribution in [0.3, 0.4) is 0 Å². The molecule has 1 aliphatic heterocycles. The van der Waals surface area contributed by atoms with E-state index in [1.165, 1.54) is 38.4 Å². The Bertz CT molecular complexity index is 330. The average Bonchev–Trinajstić information content (AvgIpc) is 2.44. The molecule has 1 saturated carbocycles. The van der Waals surface area contributed by atoms with Crippen LogP contribution in [0.2, 0.25) is 0 Å². The predicted molar refractivity (Wildman–Crippen MR) is 61.1 cm³/mol. The monoisotopic (exact) mass is 231 g/mol. The molecule has 1 saturated heterocycles. The van der Waals surface area contributed by atoms with Crippen molar-refractivity contribution in [3.8, 4) is 0 Å². The van der Waals surface area contributed by atoms with Gasteiger partial charge in [-0.1, -0.05) is 19.3 Å². The number of sulfonamides is 1. The summed E-state index contributed by atoms with van der Waals surface area (Å²) in [6.45, 7) is 2.82. The standard InChI is InChI=1S/C11H21NO2S/c1-10-8-11(6-4-3-5-7-11)9-12(10)15(2,13)14/h10H,3-9H2,1-2H3. The summed E-state index contributed by atoms with van der Waals surface area (Å²) in [5.41, 5.74) is 0.320. The van der Waals surface area contributed by atoms with Crippen LogP contribution < -0.4 is 0 Å². The van der Waals surface area contributed by atoms with Crippen molar-refractivity contribution in [2.45, 2.75) is 51.5 Å². The fraction of sp³-hybridized carbons (Fsp3) is 1.00. The first kappa shape index (κ1) is 11.4. The molecule has 0 aromatic carbocycles. The molecule has 4 heteroatoms. The van der Waals surface area contributed by atoms with Gasteiger partial charge in [0.2, 0.25) is 10.0 Å². The minimum absolute atomic E-state index is 0.207. The summed E-state index contributed by atoms with van der Waals surface area (Å²) < 4.78 is 24.9. The van der Waals surface area contributed by atoms with Gasteiger partial charge in [-0.25, -0.2) is 8.42 Å². The minimum Gasteiger partial charge on any atom is -0.212 e. The Balaban J connectivity index is 2.15. The second-order valence-electron chi connectivity index (χ2n) is 5.42. The minimum atomic E-state index is -2.99. The molecule has 2 rings (SSSR count). The maximum atomic E-state index is 11.6. The number of nitrogens with zero attached hydrogens (tertiary/aromatic N) is 1. The van der Waals surface area contributed by atoms with E-state index in [1.807, 2.05) is 6.92 Å². The highest BCUT2D eigenvalue weighted by Gasteiger charge is 2.45. The van der Waals surface area contributed by atoms with Crippen LogP contribution in [0.5, 0.6) is 0 Å². The Morgan fingerprint density at radius 2 is 1.80 bits per heavy atom. The lowest BCUT2D eigenvalue weighted by Gasteiger charge is -2.32. The lowest BCUT2D eigenvalue weighted by molar-refractivity contribution is 0.205. The highest BCUT2D eigenvalue weighted by molar-refractivity contribution is 7.88. The predicted octanol–water partition coefficient (Wildman–Crippen LogP) is 1.99. The van der Waals surface area contributed by atoms with Crippen LogP contribution in [-0.2, 0) is 10.0 Å². The Morgan fingerprint density at radius 1 is 1.20 bits per heavy atom. The molecule has 1 unspecified atom stereocenters. The van der Waals surface area contributed by atoms with Crippen LogP contribution in [0.15, 0.2) is 0 Å². The zero-order valence-electron chi connectivity index (χ0n) is 9.70. The third-order valence-electron chi connectivity index (χ3n) is 4.05. The van der Waals surface area contributed by atoms with E-state index in [0.717, 1.165) is 13.0 Å². The van der Waals surface area contributed by atoms with Gasteiger partial charge in [-0.15, -0.1) is 0 Å². The van der Waals surface area contributed by atoms with Crippen LogP contribution in [0, 0.1) is 5.41 Å². The molecular formula is C11H21NO2S. The van der Waals surface area contributed by atoms with Gasteiger partial charge in [0.25, 0.3) is 0 Å². The second kappa shape index (κ2) is 3.74. The van der Waals surface area contributed by atoms with Crippen molar-refractivity contribution in [3.05, 3.63) is 0 Å². The summed E-state index contributed by atoms with van der Waals surface area (Å²) in [7, 11) is -2.99. The van der Waals surface area contributed by atoms with Gasteiger partial charge >= 0.3 is 0 Å². The molecule has 3 nitrogen and oxygen atoms in total. The Morgan fingerprint density at radius 3 is 2.27 bits per heavy atom. The third kappa shape index (κ3) is 2.21. The number of hydrogen-bond donors (Lipinski definition) is 0. The summed E-state index contributed by atoms with van der Waals surface area (Å²) in [5, 5.41) is 0. The van der Waals surface area contributed by atoms with Gasteiger partial charge in [0.15, 0.2) is 0 Å². The van der Waals surface area contributed by atoms with Gasteiger partial charge in [-0.2, -0.15) is 4.31 Å². The van der Waals surface area contributed by atoms with E-state index < -0.39 is 10.0 Å². The molecule has 1 atom stereocenters. The average molecular weight is 231 g/mol. The van der Waals surface area contributed by atoms with Crippen molar-refractivity contribution in [3.63, 3.8) is 0 Å². The molecule has 0 bridgehead atoms. The molecule has 0 amide bonds. The van der Waals surface area contributed by atoms with Crippen molar-refractivity contribution >= 4 is 10.0 Å². The zero-order chi connectivity index (χ0) is 11.1. The fourth-order valence-electron chi connectivity index (χ4n) is 3.39. The first-order valence-electron chi connectivity index (χ1n) is 5.90. The van der Waals surface area contributed by atoms with Crippen LogP contribution in [0.1, 0.15) is 45.4 Å². The van der Waals surface area contributed by atoms with E-state index in [4.69, 9.17) is 0 Å². The smallest absolute Gasteiger partial charge is 0.211 e. The molecule has 0 N–H and O–H groups in total. The second-order valence-corrected chi connectivity index (χ2v) is 7.36. The third-order valence-corrected chi connectivity index (χ3v) is 5.39. The Kier molecular flexibility index (Phi) is 2.84. The first-order chi connectivity index (χ1) is 6.93. The van der Waals surface area contributed by atoms with E-state index in [2.05, 4.69) is 0 Å². The van der Waals surface area contributed by atoms with Crippen LogP contribution in [0.4, 0.5) is 0 Å². The summed E-state index contributed by atoms with van der Waals surface area (Å²) in [6.07, 6.45) is 8.75. The van der Waals surface area contributed by atoms with E-state index in [1.54, 1.807) is 4.31 Å². The number of hydrogen-bond acceptors (Lipinski definition) is 2. The van der Waals surface area contributed by atoms with Crippen molar-refractivity contribution < 1.29 is 8.42 Å². The number of rotatable bonds is 1. The van der Waals surface area contributed by atoms with Gasteiger partial charge in [0.05, 0.1) is 6.26 Å². The highest BCUT2D eigenvalue weighted by atomic mass is 32.2. The molecule has 1 heterocycles. The van der Waals surface area contributed by atoms with Gasteiger partial charge in [-0.3, -0.25) is 0 Å². The highest BCUT2D eigenvalue weighted by Crippen LogP contribution is 2.46. The van der Waals surface area contributed by atoms with E-state index >= 15 is 0 Å². The zero-order valence-corrected chi connectivity index (χ0v) is 10.5. The van der Waals surface area contributed by atoms with Crippen molar-refractivity contribution in [2.24, 2.45) is 5.41 Å². The van der Waals surface area contributed by atoms with Crippen molar-refractivity contribution in [1.29, 1.82) is 0 Å². The molecule has 2 aliphatic rings. The Hall–Kier alpha value is -0.0900. The molecular weight excluding hydrogens is 210 g/mol. The molecule has 0 aromatic rings. The van der Waals surface area contributed by atoms with Gasteiger partial charge in [0.1, 0.15) is 0 Å².